The van der Waals surface area contributed by atoms with Crippen molar-refractivity contribution in [1.29, 1.82) is 0 Å². The molecule has 0 heterocycles. The van der Waals surface area contributed by atoms with E-state index in [-0.39, 0.29) is 37.1 Å². The highest BCUT2D eigenvalue weighted by Crippen LogP contribution is 2.72. The van der Waals surface area contributed by atoms with E-state index in [1.165, 1.54) is 6.08 Å². The lowest BCUT2D eigenvalue weighted by atomic mass is 9.45. The van der Waals surface area contributed by atoms with E-state index in [0.717, 1.165) is 12.0 Å². The van der Waals surface area contributed by atoms with Crippen molar-refractivity contribution < 1.29 is 38.5 Å². The number of fused-ring (bicyclic) bond motifs is 5. The molecule has 0 aliphatic heterocycles. The fourth-order valence-corrected chi connectivity index (χ4v) is 8.91. The van der Waals surface area contributed by atoms with Crippen molar-refractivity contribution in [2.45, 2.75) is 103 Å². The minimum absolute atomic E-state index is 0.0869. The molecule has 4 rings (SSSR count). The van der Waals surface area contributed by atoms with Crippen LogP contribution in [0.25, 0.3) is 0 Å². The molecule has 0 aromatic rings. The number of rotatable bonds is 9. The molecule has 40 heavy (non-hydrogen) atoms. The summed E-state index contributed by atoms with van der Waals surface area (Å²) in [5.41, 5.74) is -2.53. The molecule has 0 bridgehead atoms. The van der Waals surface area contributed by atoms with Gasteiger partial charge in [-0.1, -0.05) is 52.7 Å². The van der Waals surface area contributed by atoms with Gasteiger partial charge >= 0.3 is 12.1 Å². The molecule has 0 aromatic carbocycles. The number of hydrogen-bond acceptors (Lipinski definition) is 8. The van der Waals surface area contributed by atoms with E-state index in [9.17, 15) is 24.3 Å². The maximum Gasteiger partial charge on any atom is 0.509 e. The monoisotopic (exact) mass is 578 g/mol. The van der Waals surface area contributed by atoms with Gasteiger partial charge in [0, 0.05) is 23.2 Å². The average molecular weight is 579 g/mol. The first kappa shape index (κ1) is 30.8. The second-order valence-electron chi connectivity index (χ2n) is 12.5. The van der Waals surface area contributed by atoms with Gasteiger partial charge in [0.05, 0.1) is 17.6 Å². The molecule has 9 heteroatoms. The van der Waals surface area contributed by atoms with Crippen LogP contribution in [-0.4, -0.2) is 58.6 Å². The van der Waals surface area contributed by atoms with E-state index < -0.39 is 57.8 Å². The fraction of sp³-hybridized carbons (Fsp3) is 0.742. The molecular formula is C31H43ClO8. The zero-order valence-corrected chi connectivity index (χ0v) is 25.1. The molecule has 1 N–H and O–H groups in total. The Labute approximate surface area is 241 Å². The standard InChI is InChI=1S/C31H43ClO8/c1-6-8-14-38-27(37)40-31(25(35)18-39-26(36)9-7-2)19(3)15-23-22-11-10-20-16-21(33)12-13-28(20,4)30(22,32)24(34)17-29(23,31)5/h12-13,16,19,22-24,34H,6-11,14-15,17-18H2,1-5H3/t19-,22+,23+,24?,28+,29+,30+,31+/m1/s1. The minimum atomic E-state index is -1.68. The van der Waals surface area contributed by atoms with Gasteiger partial charge in [-0.3, -0.25) is 14.4 Å². The predicted octanol–water partition coefficient (Wildman–Crippen LogP) is 5.48. The maximum absolute atomic E-state index is 14.1. The highest BCUT2D eigenvalue weighted by atomic mass is 35.5. The van der Waals surface area contributed by atoms with Gasteiger partial charge in [0.15, 0.2) is 18.0 Å². The molecule has 0 spiro atoms. The van der Waals surface area contributed by atoms with Gasteiger partial charge in [0.1, 0.15) is 0 Å². The van der Waals surface area contributed by atoms with Crippen LogP contribution in [0.5, 0.6) is 0 Å². The third-order valence-electron chi connectivity index (χ3n) is 10.4. The molecule has 8 atom stereocenters. The zero-order chi connectivity index (χ0) is 29.5. The maximum atomic E-state index is 14.1. The second kappa shape index (κ2) is 11.2. The smallest absolute Gasteiger partial charge is 0.457 e. The fourth-order valence-electron chi connectivity index (χ4n) is 8.39. The van der Waals surface area contributed by atoms with Crippen molar-refractivity contribution in [3.05, 3.63) is 23.8 Å². The van der Waals surface area contributed by atoms with Crippen LogP contribution in [0.15, 0.2) is 23.8 Å². The van der Waals surface area contributed by atoms with E-state index >= 15 is 0 Å². The largest absolute Gasteiger partial charge is 0.509 e. The lowest BCUT2D eigenvalue weighted by Gasteiger charge is -2.64. The van der Waals surface area contributed by atoms with Gasteiger partial charge in [-0.25, -0.2) is 4.79 Å². The van der Waals surface area contributed by atoms with E-state index in [2.05, 4.69) is 0 Å². The Morgan fingerprint density at radius 1 is 1.12 bits per heavy atom. The van der Waals surface area contributed by atoms with E-state index in [0.29, 0.717) is 32.1 Å². The van der Waals surface area contributed by atoms with Crippen molar-refractivity contribution in [3.8, 4) is 0 Å². The first-order valence-corrected chi connectivity index (χ1v) is 15.1. The number of hydrogen-bond donors (Lipinski definition) is 1. The number of Topliss-reactive ketones (excluding diaryl/α,β-unsaturated/α-hetero) is 1. The van der Waals surface area contributed by atoms with Crippen molar-refractivity contribution in [2.24, 2.45) is 28.6 Å². The van der Waals surface area contributed by atoms with Gasteiger partial charge in [0.25, 0.3) is 0 Å². The summed E-state index contributed by atoms with van der Waals surface area (Å²) >= 11 is 7.53. The van der Waals surface area contributed by atoms with E-state index in [4.69, 9.17) is 25.8 Å². The summed E-state index contributed by atoms with van der Waals surface area (Å²) in [7, 11) is 0. The number of carbonyl (C=O) groups is 4. The molecule has 4 aliphatic carbocycles. The molecular weight excluding hydrogens is 536 g/mol. The number of halogens is 1. The van der Waals surface area contributed by atoms with Crippen LogP contribution >= 0.6 is 11.6 Å². The molecule has 0 saturated heterocycles. The Morgan fingerprint density at radius 2 is 1.85 bits per heavy atom. The molecule has 0 radical (unpaired) electrons. The van der Waals surface area contributed by atoms with Crippen LogP contribution in [0.4, 0.5) is 4.79 Å². The summed E-state index contributed by atoms with van der Waals surface area (Å²) in [6, 6.07) is 0. The van der Waals surface area contributed by atoms with Crippen molar-refractivity contribution in [1.82, 2.24) is 0 Å². The van der Waals surface area contributed by atoms with Crippen molar-refractivity contribution in [2.75, 3.05) is 13.2 Å². The van der Waals surface area contributed by atoms with Crippen LogP contribution < -0.4 is 0 Å². The minimum Gasteiger partial charge on any atom is -0.457 e. The summed E-state index contributed by atoms with van der Waals surface area (Å²) in [6.07, 6.45) is 7.04. The third-order valence-corrected chi connectivity index (χ3v) is 11.3. The second-order valence-corrected chi connectivity index (χ2v) is 13.2. The summed E-state index contributed by atoms with van der Waals surface area (Å²) in [4.78, 5) is 50.4. The number of aliphatic hydroxyl groups is 1. The Hall–Kier alpha value is -2.19. The molecule has 3 saturated carbocycles. The highest BCUT2D eigenvalue weighted by Gasteiger charge is 2.76. The molecule has 3 fully saturated rings. The molecule has 1 unspecified atom stereocenters. The van der Waals surface area contributed by atoms with Gasteiger partial charge < -0.3 is 19.3 Å². The molecule has 0 aromatic heterocycles. The van der Waals surface area contributed by atoms with Gasteiger partial charge in [-0.15, -0.1) is 11.6 Å². The number of unbranched alkanes of at least 4 members (excludes halogenated alkanes) is 1. The Balaban J connectivity index is 1.75. The first-order valence-electron chi connectivity index (χ1n) is 14.7. The van der Waals surface area contributed by atoms with Gasteiger partial charge in [0.2, 0.25) is 5.78 Å². The highest BCUT2D eigenvalue weighted by molar-refractivity contribution is 6.26. The summed E-state index contributed by atoms with van der Waals surface area (Å²) < 4.78 is 16.7. The number of allylic oxidation sites excluding steroid dienone is 4. The molecule has 0 amide bonds. The SMILES string of the molecule is CCCCOC(=O)O[C@]1(C(=O)COC(=O)CCC)[C@H](C)C[C@H]2[C@@H]3CCC4=CC(=O)C=C[C@]4(C)[C@@]3(Cl)C(O)C[C@@]21C. The van der Waals surface area contributed by atoms with Crippen molar-refractivity contribution in [3.63, 3.8) is 0 Å². The Bertz CT molecular complexity index is 1110. The lowest BCUT2D eigenvalue weighted by molar-refractivity contribution is -0.187. The van der Waals surface area contributed by atoms with Crippen molar-refractivity contribution >= 4 is 35.3 Å². The van der Waals surface area contributed by atoms with Crippen LogP contribution in [0.2, 0.25) is 0 Å². The van der Waals surface area contributed by atoms with Gasteiger partial charge in [-0.2, -0.15) is 0 Å². The third kappa shape index (κ3) is 4.54. The van der Waals surface area contributed by atoms with Crippen LogP contribution in [0, 0.1) is 28.6 Å². The summed E-state index contributed by atoms with van der Waals surface area (Å²) in [5, 5.41) is 11.9. The van der Waals surface area contributed by atoms with Crippen LogP contribution in [-0.2, 0) is 28.6 Å². The predicted molar refractivity (Wildman–Crippen MR) is 149 cm³/mol. The van der Waals surface area contributed by atoms with Gasteiger partial charge in [-0.05, 0) is 62.5 Å². The number of ether oxygens (including phenoxy) is 3. The first-order chi connectivity index (χ1) is 18.8. The Morgan fingerprint density at radius 3 is 2.52 bits per heavy atom. The summed E-state index contributed by atoms with van der Waals surface area (Å²) in [5.74, 6) is -1.97. The average Bonchev–Trinajstić information content (AvgIpc) is 3.11. The topological polar surface area (TPSA) is 116 Å². The molecule has 4 aliphatic rings. The normalized spacial score (nSPS) is 39.9. The van der Waals surface area contributed by atoms with E-state index in [1.54, 1.807) is 6.08 Å². The number of carbonyl (C=O) groups excluding carboxylic acids is 4. The number of aliphatic hydroxyl groups excluding tert-OH is 1. The lowest BCUT2D eigenvalue weighted by Crippen LogP contribution is -2.69. The number of esters is 1. The van der Waals surface area contributed by atoms with Crippen LogP contribution in [0.1, 0.15) is 86.0 Å². The molecule has 222 valence electrons. The summed E-state index contributed by atoms with van der Waals surface area (Å²) in [6.45, 7) is 9.17. The molecule has 8 nitrogen and oxygen atoms in total. The Kier molecular flexibility index (Phi) is 8.64. The quantitative estimate of drug-likeness (QED) is 0.217. The van der Waals surface area contributed by atoms with Crippen LogP contribution in [0.3, 0.4) is 0 Å². The van der Waals surface area contributed by atoms with E-state index in [1.807, 2.05) is 40.7 Å². The number of ketones is 2. The zero-order valence-electron chi connectivity index (χ0n) is 24.3. The number of alkyl halides is 1.